The number of morpholine rings is 1. The number of anilines is 1. The van der Waals surface area contributed by atoms with Crippen LogP contribution in [0, 0.1) is 0 Å². The van der Waals surface area contributed by atoms with Crippen molar-refractivity contribution in [3.05, 3.63) is 47.0 Å². The topological polar surface area (TPSA) is 54.5 Å². The number of nitrogens with one attached hydrogen (secondary N) is 1. The molecular weight excluding hydrogens is 358 g/mol. The first kappa shape index (κ1) is 18.4. The zero-order valence-corrected chi connectivity index (χ0v) is 16.5. The van der Waals surface area contributed by atoms with Crippen molar-refractivity contribution in [3.8, 4) is 0 Å². The molecule has 144 valence electrons. The molecule has 1 aromatic heterocycles. The number of carbonyl (C=O) groups is 1. The maximum Gasteiger partial charge on any atom is 0.230 e. The SMILES string of the molecule is O=C(NCc1csc(N2CCOCC2)n1)C1(c2ccccc2)CCCCC1. The Bertz CT molecular complexity index is 750. The summed E-state index contributed by atoms with van der Waals surface area (Å²) in [6.45, 7) is 3.78. The van der Waals surface area contributed by atoms with Gasteiger partial charge in [0.25, 0.3) is 0 Å². The zero-order valence-electron chi connectivity index (χ0n) is 15.7. The van der Waals surface area contributed by atoms with Crippen molar-refractivity contribution in [3.63, 3.8) is 0 Å². The Morgan fingerprint density at radius 1 is 1.15 bits per heavy atom. The summed E-state index contributed by atoms with van der Waals surface area (Å²) in [5.41, 5.74) is 1.70. The quantitative estimate of drug-likeness (QED) is 0.856. The number of hydrogen-bond donors (Lipinski definition) is 1. The molecule has 1 amide bonds. The Morgan fingerprint density at radius 2 is 1.89 bits per heavy atom. The Morgan fingerprint density at radius 3 is 2.63 bits per heavy atom. The lowest BCUT2D eigenvalue weighted by Crippen LogP contribution is -2.45. The average Bonchev–Trinajstić information content (AvgIpc) is 3.23. The summed E-state index contributed by atoms with van der Waals surface area (Å²) in [5, 5.41) is 6.27. The van der Waals surface area contributed by atoms with Gasteiger partial charge in [0.1, 0.15) is 0 Å². The number of hydrogen-bond acceptors (Lipinski definition) is 5. The lowest BCUT2D eigenvalue weighted by Gasteiger charge is -2.36. The Balaban J connectivity index is 1.43. The minimum Gasteiger partial charge on any atom is -0.378 e. The molecule has 0 atom stereocenters. The van der Waals surface area contributed by atoms with Crippen LogP contribution in [-0.4, -0.2) is 37.2 Å². The van der Waals surface area contributed by atoms with Gasteiger partial charge in [0.15, 0.2) is 5.13 Å². The standard InChI is InChI=1S/C21H27N3O2S/c25-19(21(9-5-2-6-10-21)17-7-3-1-4-8-17)22-15-18-16-27-20(23-18)24-11-13-26-14-12-24/h1,3-4,7-8,16H,2,5-6,9-15H2,(H,22,25). The number of carbonyl (C=O) groups excluding carboxylic acids is 1. The summed E-state index contributed by atoms with van der Waals surface area (Å²) in [4.78, 5) is 20.2. The molecule has 1 saturated heterocycles. The molecule has 1 aliphatic carbocycles. The van der Waals surface area contributed by atoms with Crippen molar-refractivity contribution < 1.29 is 9.53 Å². The number of amides is 1. The molecule has 27 heavy (non-hydrogen) atoms. The van der Waals surface area contributed by atoms with E-state index in [-0.39, 0.29) is 11.3 Å². The van der Waals surface area contributed by atoms with Crippen LogP contribution in [0.5, 0.6) is 0 Å². The van der Waals surface area contributed by atoms with E-state index in [0.717, 1.165) is 68.4 Å². The summed E-state index contributed by atoms with van der Waals surface area (Å²) in [7, 11) is 0. The number of benzene rings is 1. The van der Waals surface area contributed by atoms with Crippen LogP contribution in [0.4, 0.5) is 5.13 Å². The molecule has 0 bridgehead atoms. The third kappa shape index (κ3) is 4.01. The first-order chi connectivity index (χ1) is 13.3. The van der Waals surface area contributed by atoms with Crippen LogP contribution in [-0.2, 0) is 21.5 Å². The fraction of sp³-hybridized carbons (Fsp3) is 0.524. The van der Waals surface area contributed by atoms with Crippen LogP contribution in [0.15, 0.2) is 35.7 Å². The molecule has 0 radical (unpaired) electrons. The van der Waals surface area contributed by atoms with Crippen LogP contribution in [0.25, 0.3) is 0 Å². The van der Waals surface area contributed by atoms with Crippen molar-refractivity contribution in [2.24, 2.45) is 0 Å². The molecule has 2 aliphatic rings. The monoisotopic (exact) mass is 385 g/mol. The van der Waals surface area contributed by atoms with Gasteiger partial charge in [-0.3, -0.25) is 4.79 Å². The average molecular weight is 386 g/mol. The van der Waals surface area contributed by atoms with Gasteiger partial charge < -0.3 is 15.0 Å². The maximum absolute atomic E-state index is 13.2. The first-order valence-electron chi connectivity index (χ1n) is 9.89. The fourth-order valence-electron chi connectivity index (χ4n) is 4.18. The molecule has 1 saturated carbocycles. The molecule has 0 spiro atoms. The van der Waals surface area contributed by atoms with E-state index >= 15 is 0 Å². The molecule has 0 unspecified atom stereocenters. The molecule has 4 rings (SSSR count). The number of ether oxygens (including phenoxy) is 1. The normalized spacial score (nSPS) is 19.6. The lowest BCUT2D eigenvalue weighted by atomic mass is 9.68. The number of aromatic nitrogens is 1. The summed E-state index contributed by atoms with van der Waals surface area (Å²) >= 11 is 1.65. The summed E-state index contributed by atoms with van der Waals surface area (Å²) in [5.74, 6) is 0.148. The highest BCUT2D eigenvalue weighted by Crippen LogP contribution is 2.39. The van der Waals surface area contributed by atoms with Crippen LogP contribution in [0.2, 0.25) is 0 Å². The van der Waals surface area contributed by atoms with Gasteiger partial charge >= 0.3 is 0 Å². The second-order valence-electron chi connectivity index (χ2n) is 7.41. The number of thiazole rings is 1. The Kier molecular flexibility index (Phi) is 5.74. The second-order valence-corrected chi connectivity index (χ2v) is 8.25. The van der Waals surface area contributed by atoms with E-state index in [2.05, 4.69) is 27.7 Å². The molecule has 5 nitrogen and oxygen atoms in total. The molecule has 6 heteroatoms. The lowest BCUT2D eigenvalue weighted by molar-refractivity contribution is -0.128. The maximum atomic E-state index is 13.2. The van der Waals surface area contributed by atoms with Gasteiger partial charge in [0.2, 0.25) is 5.91 Å². The van der Waals surface area contributed by atoms with Crippen molar-refractivity contribution in [2.45, 2.75) is 44.1 Å². The largest absolute Gasteiger partial charge is 0.378 e. The predicted octanol–water partition coefficient (Wildman–Crippen LogP) is 3.50. The molecular formula is C21H27N3O2S. The molecule has 2 heterocycles. The van der Waals surface area contributed by atoms with Gasteiger partial charge in [0, 0.05) is 18.5 Å². The van der Waals surface area contributed by atoms with Crippen molar-refractivity contribution in [1.82, 2.24) is 10.3 Å². The van der Waals surface area contributed by atoms with Crippen LogP contribution < -0.4 is 10.2 Å². The van der Waals surface area contributed by atoms with Gasteiger partial charge in [0.05, 0.1) is 30.9 Å². The molecule has 2 fully saturated rings. The zero-order chi connectivity index (χ0) is 18.5. The van der Waals surface area contributed by atoms with E-state index in [0.29, 0.717) is 6.54 Å². The Hall–Kier alpha value is -1.92. The molecule has 2 aromatic rings. The third-order valence-electron chi connectivity index (χ3n) is 5.72. The van der Waals surface area contributed by atoms with E-state index < -0.39 is 0 Å². The minimum absolute atomic E-state index is 0.148. The molecule has 1 aliphatic heterocycles. The highest BCUT2D eigenvalue weighted by atomic mass is 32.1. The van der Waals surface area contributed by atoms with Gasteiger partial charge in [-0.1, -0.05) is 49.6 Å². The minimum atomic E-state index is -0.386. The van der Waals surface area contributed by atoms with Crippen LogP contribution in [0.1, 0.15) is 43.4 Å². The second kappa shape index (κ2) is 8.40. The van der Waals surface area contributed by atoms with E-state index in [9.17, 15) is 4.79 Å². The van der Waals surface area contributed by atoms with Gasteiger partial charge in [-0.05, 0) is 18.4 Å². The smallest absolute Gasteiger partial charge is 0.230 e. The summed E-state index contributed by atoms with van der Waals surface area (Å²) < 4.78 is 5.41. The van der Waals surface area contributed by atoms with Crippen molar-refractivity contribution in [1.29, 1.82) is 0 Å². The highest BCUT2D eigenvalue weighted by Gasteiger charge is 2.40. The fourth-order valence-corrected chi connectivity index (χ4v) is 5.06. The number of rotatable bonds is 5. The van der Waals surface area contributed by atoms with Crippen molar-refractivity contribution >= 4 is 22.4 Å². The third-order valence-corrected chi connectivity index (χ3v) is 6.67. The van der Waals surface area contributed by atoms with Crippen LogP contribution in [0.3, 0.4) is 0 Å². The number of nitrogens with zero attached hydrogens (tertiary/aromatic N) is 2. The van der Waals surface area contributed by atoms with Crippen molar-refractivity contribution in [2.75, 3.05) is 31.2 Å². The molecule has 1 N–H and O–H groups in total. The summed E-state index contributed by atoms with van der Waals surface area (Å²) in [6.07, 6.45) is 5.30. The van der Waals surface area contributed by atoms with E-state index in [4.69, 9.17) is 9.72 Å². The Labute approximate surface area is 164 Å². The highest BCUT2D eigenvalue weighted by molar-refractivity contribution is 7.13. The van der Waals surface area contributed by atoms with E-state index in [1.54, 1.807) is 11.3 Å². The van der Waals surface area contributed by atoms with Gasteiger partial charge in [-0.15, -0.1) is 11.3 Å². The van der Waals surface area contributed by atoms with E-state index in [1.165, 1.54) is 6.42 Å². The summed E-state index contributed by atoms with van der Waals surface area (Å²) in [6, 6.07) is 10.3. The predicted molar refractivity (Wildman–Crippen MR) is 108 cm³/mol. The van der Waals surface area contributed by atoms with Gasteiger partial charge in [-0.2, -0.15) is 0 Å². The van der Waals surface area contributed by atoms with E-state index in [1.807, 2.05) is 18.2 Å². The molecule has 1 aromatic carbocycles. The van der Waals surface area contributed by atoms with Gasteiger partial charge in [-0.25, -0.2) is 4.98 Å². The first-order valence-corrected chi connectivity index (χ1v) is 10.8. The van der Waals surface area contributed by atoms with Crippen LogP contribution >= 0.6 is 11.3 Å².